The number of hydrogen-bond acceptors (Lipinski definition) is 4. The van der Waals surface area contributed by atoms with Crippen molar-refractivity contribution in [2.45, 2.75) is 6.92 Å². The first-order valence-electron chi connectivity index (χ1n) is 5.10. The van der Waals surface area contributed by atoms with Crippen LogP contribution in [0.25, 0.3) is 5.69 Å². The van der Waals surface area contributed by atoms with Crippen LogP contribution < -0.4 is 5.73 Å². The second kappa shape index (κ2) is 4.28. The maximum absolute atomic E-state index is 11.1. The number of primary amides is 1. The number of hydrogen-bond donors (Lipinski definition) is 1. The van der Waals surface area contributed by atoms with E-state index in [9.17, 15) is 14.9 Å². The van der Waals surface area contributed by atoms with E-state index in [1.165, 1.54) is 22.9 Å². The molecule has 1 amide bonds. The lowest BCUT2D eigenvalue weighted by Crippen LogP contribution is -2.12. The van der Waals surface area contributed by atoms with Gasteiger partial charge in [0, 0.05) is 17.8 Å². The highest BCUT2D eigenvalue weighted by Gasteiger charge is 2.17. The van der Waals surface area contributed by atoms with Crippen molar-refractivity contribution in [1.29, 1.82) is 0 Å². The van der Waals surface area contributed by atoms with E-state index in [1.54, 1.807) is 19.2 Å². The van der Waals surface area contributed by atoms with Crippen LogP contribution in [0.15, 0.2) is 30.5 Å². The molecule has 0 aliphatic carbocycles. The van der Waals surface area contributed by atoms with Gasteiger partial charge in [-0.05, 0) is 25.1 Å². The minimum atomic E-state index is -0.643. The van der Waals surface area contributed by atoms with Crippen LogP contribution in [0, 0.1) is 17.0 Å². The van der Waals surface area contributed by atoms with Crippen LogP contribution in [0.4, 0.5) is 5.69 Å². The zero-order chi connectivity index (χ0) is 13.3. The number of benzene rings is 1. The van der Waals surface area contributed by atoms with Crippen LogP contribution in [-0.2, 0) is 0 Å². The largest absolute Gasteiger partial charge is 0.366 e. The van der Waals surface area contributed by atoms with Crippen molar-refractivity contribution in [2.75, 3.05) is 0 Å². The lowest BCUT2D eigenvalue weighted by molar-refractivity contribution is -0.384. The zero-order valence-electron chi connectivity index (χ0n) is 9.53. The van der Waals surface area contributed by atoms with Gasteiger partial charge in [0.2, 0.25) is 5.91 Å². The van der Waals surface area contributed by atoms with Gasteiger partial charge in [-0.2, -0.15) is 5.10 Å². The number of rotatable bonds is 3. The Bertz CT molecular complexity index is 633. The van der Waals surface area contributed by atoms with Gasteiger partial charge in [0.05, 0.1) is 10.6 Å². The van der Waals surface area contributed by atoms with Gasteiger partial charge in [-0.1, -0.05) is 0 Å². The molecule has 7 heteroatoms. The SMILES string of the molecule is Cc1ccn(-c2cc(C(N)=O)ccc2[N+](=O)[O-])n1. The van der Waals surface area contributed by atoms with Crippen molar-refractivity contribution < 1.29 is 9.72 Å². The highest BCUT2D eigenvalue weighted by molar-refractivity contribution is 5.93. The van der Waals surface area contributed by atoms with Crippen molar-refractivity contribution >= 4 is 11.6 Å². The molecule has 2 N–H and O–H groups in total. The highest BCUT2D eigenvalue weighted by Crippen LogP contribution is 2.23. The van der Waals surface area contributed by atoms with Gasteiger partial charge < -0.3 is 5.73 Å². The van der Waals surface area contributed by atoms with Crippen molar-refractivity contribution in [3.05, 3.63) is 51.8 Å². The maximum Gasteiger partial charge on any atom is 0.294 e. The number of nitro groups is 1. The van der Waals surface area contributed by atoms with E-state index in [0.29, 0.717) is 5.69 Å². The average Bonchev–Trinajstić information content (AvgIpc) is 2.74. The molecule has 0 saturated carbocycles. The van der Waals surface area contributed by atoms with Gasteiger partial charge in [-0.15, -0.1) is 0 Å². The van der Waals surface area contributed by atoms with E-state index < -0.39 is 10.8 Å². The number of nitrogens with two attached hydrogens (primary N) is 1. The molecule has 1 heterocycles. The number of carbonyl (C=O) groups is 1. The summed E-state index contributed by atoms with van der Waals surface area (Å²) in [5.41, 5.74) is 6.14. The number of aryl methyl sites for hydroxylation is 1. The molecular weight excluding hydrogens is 236 g/mol. The zero-order valence-corrected chi connectivity index (χ0v) is 9.53. The van der Waals surface area contributed by atoms with Gasteiger partial charge in [0.1, 0.15) is 5.69 Å². The van der Waals surface area contributed by atoms with Crippen molar-refractivity contribution in [1.82, 2.24) is 9.78 Å². The van der Waals surface area contributed by atoms with Crippen molar-refractivity contribution in [3.63, 3.8) is 0 Å². The molecular formula is C11H10N4O3. The summed E-state index contributed by atoms with van der Waals surface area (Å²) in [6.45, 7) is 1.76. The van der Waals surface area contributed by atoms with Crippen LogP contribution in [-0.4, -0.2) is 20.6 Å². The third-order valence-corrected chi connectivity index (χ3v) is 2.43. The Morgan fingerprint density at radius 3 is 2.67 bits per heavy atom. The fourth-order valence-electron chi connectivity index (χ4n) is 1.56. The number of aromatic nitrogens is 2. The fourth-order valence-corrected chi connectivity index (χ4v) is 1.56. The summed E-state index contributed by atoms with van der Waals surface area (Å²) in [4.78, 5) is 21.5. The van der Waals surface area contributed by atoms with Gasteiger partial charge >= 0.3 is 0 Å². The second-order valence-electron chi connectivity index (χ2n) is 3.73. The van der Waals surface area contributed by atoms with E-state index in [-0.39, 0.29) is 16.9 Å². The molecule has 2 aromatic rings. The summed E-state index contributed by atoms with van der Waals surface area (Å²) in [5, 5.41) is 15.0. The predicted molar refractivity (Wildman–Crippen MR) is 63.5 cm³/mol. The highest BCUT2D eigenvalue weighted by atomic mass is 16.6. The van der Waals surface area contributed by atoms with Crippen LogP contribution >= 0.6 is 0 Å². The smallest absolute Gasteiger partial charge is 0.294 e. The minimum Gasteiger partial charge on any atom is -0.366 e. The molecule has 0 atom stereocenters. The molecule has 0 radical (unpaired) electrons. The van der Waals surface area contributed by atoms with Crippen molar-refractivity contribution in [2.24, 2.45) is 5.73 Å². The monoisotopic (exact) mass is 246 g/mol. The van der Waals surface area contributed by atoms with E-state index in [4.69, 9.17) is 5.73 Å². The van der Waals surface area contributed by atoms with Crippen LogP contribution in [0.2, 0.25) is 0 Å². The topological polar surface area (TPSA) is 104 Å². The van der Waals surface area contributed by atoms with E-state index in [2.05, 4.69) is 5.10 Å². The minimum absolute atomic E-state index is 0.136. The van der Waals surface area contributed by atoms with Gasteiger partial charge in [0.15, 0.2) is 0 Å². The van der Waals surface area contributed by atoms with Crippen molar-refractivity contribution in [3.8, 4) is 5.69 Å². The molecule has 92 valence electrons. The molecule has 0 saturated heterocycles. The summed E-state index contributed by atoms with van der Waals surface area (Å²) >= 11 is 0. The molecule has 0 aliphatic rings. The molecule has 0 spiro atoms. The standard InChI is InChI=1S/C11H10N4O3/c1-7-4-5-14(13-7)10-6-8(11(12)16)2-3-9(10)15(17)18/h2-6H,1H3,(H2,12,16). The van der Waals surface area contributed by atoms with Crippen LogP contribution in [0.1, 0.15) is 16.1 Å². The number of nitro benzene ring substituents is 1. The summed E-state index contributed by atoms with van der Waals surface area (Å²) in [6.07, 6.45) is 1.59. The van der Waals surface area contributed by atoms with Crippen LogP contribution in [0.3, 0.4) is 0 Å². The lowest BCUT2D eigenvalue weighted by atomic mass is 10.1. The first-order valence-corrected chi connectivity index (χ1v) is 5.10. The van der Waals surface area contributed by atoms with Gasteiger partial charge in [-0.25, -0.2) is 4.68 Å². The second-order valence-corrected chi connectivity index (χ2v) is 3.73. The molecule has 0 bridgehead atoms. The third-order valence-electron chi connectivity index (χ3n) is 2.43. The Morgan fingerprint density at radius 2 is 2.17 bits per heavy atom. The molecule has 1 aromatic heterocycles. The fraction of sp³-hybridized carbons (Fsp3) is 0.0909. The summed E-state index contributed by atoms with van der Waals surface area (Å²) in [5.74, 6) is -0.643. The normalized spacial score (nSPS) is 10.3. The Labute approximate surface area is 102 Å². The van der Waals surface area contributed by atoms with Gasteiger partial charge in [-0.3, -0.25) is 14.9 Å². The Balaban J connectivity index is 2.64. The Kier molecular flexibility index (Phi) is 2.80. The Morgan fingerprint density at radius 1 is 1.44 bits per heavy atom. The quantitative estimate of drug-likeness (QED) is 0.648. The number of nitrogens with zero attached hydrogens (tertiary/aromatic N) is 3. The molecule has 18 heavy (non-hydrogen) atoms. The number of amides is 1. The summed E-state index contributed by atoms with van der Waals surface area (Å²) in [6, 6.07) is 5.63. The van der Waals surface area contributed by atoms with E-state index >= 15 is 0 Å². The average molecular weight is 246 g/mol. The number of carbonyl (C=O) groups excluding carboxylic acids is 1. The van der Waals surface area contributed by atoms with E-state index in [0.717, 1.165) is 0 Å². The third kappa shape index (κ3) is 2.05. The lowest BCUT2D eigenvalue weighted by Gasteiger charge is -2.04. The summed E-state index contributed by atoms with van der Waals surface area (Å²) in [7, 11) is 0. The molecule has 0 fully saturated rings. The molecule has 2 rings (SSSR count). The van der Waals surface area contributed by atoms with Crippen LogP contribution in [0.5, 0.6) is 0 Å². The first kappa shape index (κ1) is 11.8. The molecule has 0 unspecified atom stereocenters. The predicted octanol–water partition coefficient (Wildman–Crippen LogP) is 1.19. The molecule has 1 aromatic carbocycles. The van der Waals surface area contributed by atoms with E-state index in [1.807, 2.05) is 0 Å². The van der Waals surface area contributed by atoms with Gasteiger partial charge in [0.25, 0.3) is 5.69 Å². The first-order chi connectivity index (χ1) is 8.49. The maximum atomic E-state index is 11.1. The molecule has 7 nitrogen and oxygen atoms in total. The Hall–Kier alpha value is -2.70. The molecule has 0 aliphatic heterocycles. The summed E-state index contributed by atoms with van der Waals surface area (Å²) < 4.78 is 1.35.